The van der Waals surface area contributed by atoms with Crippen molar-refractivity contribution < 1.29 is 9.57 Å². The normalized spacial score (nSPS) is 19.5. The maximum absolute atomic E-state index is 11.9. The van der Waals surface area contributed by atoms with Crippen molar-refractivity contribution in [2.24, 2.45) is 0 Å². The maximum atomic E-state index is 11.9. The van der Waals surface area contributed by atoms with Gasteiger partial charge in [0, 0.05) is 6.61 Å². The lowest BCUT2D eigenvalue weighted by Crippen LogP contribution is -2.41. The Labute approximate surface area is 102 Å². The summed E-state index contributed by atoms with van der Waals surface area (Å²) in [5.74, 6) is 0.00810. The number of H-pyrrole nitrogens is 1. The van der Waals surface area contributed by atoms with E-state index in [9.17, 15) is 9.59 Å². The summed E-state index contributed by atoms with van der Waals surface area (Å²) in [6.07, 6.45) is 1.42. The van der Waals surface area contributed by atoms with Crippen molar-refractivity contribution >= 4 is 11.6 Å². The predicted octanol–water partition coefficient (Wildman–Crippen LogP) is 0.185. The van der Waals surface area contributed by atoms with Crippen molar-refractivity contribution in [2.45, 2.75) is 24.8 Å². The number of nitrogens with one attached hydrogen (secondary N) is 1. The van der Waals surface area contributed by atoms with Crippen molar-refractivity contribution in [1.82, 2.24) is 9.71 Å². The smallest absolute Gasteiger partial charge is 0.362 e. The average molecular weight is 261 g/mol. The topological polar surface area (TPSA) is 73.3 Å². The fourth-order valence-corrected chi connectivity index (χ4v) is 2.20. The Hall–Kier alpha value is -1.27. The second kappa shape index (κ2) is 4.93. The first-order chi connectivity index (χ1) is 8.19. The van der Waals surface area contributed by atoms with Crippen LogP contribution in [0.1, 0.15) is 30.2 Å². The van der Waals surface area contributed by atoms with Gasteiger partial charge in [-0.25, -0.2) is 4.79 Å². The molecule has 2 rings (SSSR count). The molecule has 1 fully saturated rings. The van der Waals surface area contributed by atoms with Crippen LogP contribution < -0.4 is 16.1 Å². The first kappa shape index (κ1) is 12.2. The molecule has 7 heteroatoms. The minimum absolute atomic E-state index is 0.00810. The van der Waals surface area contributed by atoms with Gasteiger partial charge >= 0.3 is 5.69 Å². The molecular weight excluding hydrogens is 248 g/mol. The number of aromatic amines is 1. The van der Waals surface area contributed by atoms with Gasteiger partial charge in [-0.2, -0.15) is 0 Å². The molecule has 0 amide bonds. The monoisotopic (exact) mass is 260 g/mol. The van der Waals surface area contributed by atoms with Crippen LogP contribution in [-0.4, -0.2) is 23.4 Å². The number of aromatic nitrogens is 2. The van der Waals surface area contributed by atoms with E-state index in [2.05, 4.69) is 4.98 Å². The molecule has 6 nitrogen and oxygen atoms in total. The van der Waals surface area contributed by atoms with Crippen LogP contribution in [-0.2, 0) is 10.6 Å². The van der Waals surface area contributed by atoms with Gasteiger partial charge in [-0.05, 0) is 12.8 Å². The first-order valence-corrected chi connectivity index (χ1v) is 5.82. The van der Waals surface area contributed by atoms with Gasteiger partial charge in [-0.15, -0.1) is 11.6 Å². The van der Waals surface area contributed by atoms with Crippen molar-refractivity contribution in [3.63, 3.8) is 0 Å². The average Bonchev–Trinajstić information content (AvgIpc) is 2.82. The van der Waals surface area contributed by atoms with Crippen LogP contribution in [0.25, 0.3) is 0 Å². The second-order valence-electron chi connectivity index (χ2n) is 3.74. The Morgan fingerprint density at radius 2 is 2.35 bits per heavy atom. The zero-order chi connectivity index (χ0) is 12.4. The summed E-state index contributed by atoms with van der Waals surface area (Å²) in [7, 11) is 1.25. The molecule has 17 heavy (non-hydrogen) atoms. The zero-order valence-corrected chi connectivity index (χ0v) is 10.1. The van der Waals surface area contributed by atoms with Crippen LogP contribution in [0, 0.1) is 0 Å². The van der Waals surface area contributed by atoms with E-state index in [0.29, 0.717) is 22.6 Å². The molecule has 1 N–H and O–H groups in total. The summed E-state index contributed by atoms with van der Waals surface area (Å²) in [5, 5.41) is 0. The van der Waals surface area contributed by atoms with E-state index in [1.165, 1.54) is 7.11 Å². The van der Waals surface area contributed by atoms with Crippen molar-refractivity contribution in [3.8, 4) is 0 Å². The number of hydrogen-bond donors (Lipinski definition) is 1. The van der Waals surface area contributed by atoms with Crippen molar-refractivity contribution in [2.75, 3.05) is 13.7 Å². The van der Waals surface area contributed by atoms with E-state index in [1.807, 2.05) is 0 Å². The van der Waals surface area contributed by atoms with Crippen LogP contribution in [0.15, 0.2) is 9.59 Å². The molecular formula is C10H13ClN2O4. The number of alkyl halides is 1. The van der Waals surface area contributed by atoms with Crippen molar-refractivity contribution in [3.05, 3.63) is 32.1 Å². The Kier molecular flexibility index (Phi) is 3.54. The molecule has 1 aliphatic rings. The van der Waals surface area contributed by atoms with E-state index in [1.54, 1.807) is 0 Å². The Bertz CT molecular complexity index is 516. The van der Waals surface area contributed by atoms with Gasteiger partial charge in [0.15, 0.2) is 0 Å². The Morgan fingerprint density at radius 3 is 2.88 bits per heavy atom. The molecule has 0 radical (unpaired) electrons. The summed E-state index contributed by atoms with van der Waals surface area (Å²) >= 11 is 5.75. The van der Waals surface area contributed by atoms with Crippen LogP contribution in [0.5, 0.6) is 0 Å². The van der Waals surface area contributed by atoms with Crippen LogP contribution in [0.2, 0.25) is 0 Å². The molecule has 1 unspecified atom stereocenters. The zero-order valence-electron chi connectivity index (χ0n) is 9.36. The van der Waals surface area contributed by atoms with E-state index >= 15 is 0 Å². The lowest BCUT2D eigenvalue weighted by molar-refractivity contribution is 0.103. The minimum atomic E-state index is -0.614. The molecule has 1 aliphatic heterocycles. The predicted molar refractivity (Wildman–Crippen MR) is 61.3 cm³/mol. The fourth-order valence-electron chi connectivity index (χ4n) is 1.95. The highest BCUT2D eigenvalue weighted by Gasteiger charge is 2.24. The van der Waals surface area contributed by atoms with Crippen molar-refractivity contribution in [1.29, 1.82) is 0 Å². The van der Waals surface area contributed by atoms with E-state index in [0.717, 1.165) is 12.8 Å². The molecule has 2 heterocycles. The SMILES string of the molecule is COn1c(=O)[nH]c(C2CCCO2)c(CCl)c1=O. The quantitative estimate of drug-likeness (QED) is 0.787. The molecule has 1 atom stereocenters. The highest BCUT2D eigenvalue weighted by molar-refractivity contribution is 6.17. The minimum Gasteiger partial charge on any atom is -0.409 e. The van der Waals surface area contributed by atoms with E-state index in [4.69, 9.17) is 21.2 Å². The van der Waals surface area contributed by atoms with Gasteiger partial charge < -0.3 is 14.6 Å². The molecule has 94 valence electrons. The molecule has 0 spiro atoms. The molecule has 1 aromatic heterocycles. The van der Waals surface area contributed by atoms with E-state index < -0.39 is 11.2 Å². The van der Waals surface area contributed by atoms with E-state index in [-0.39, 0.29) is 12.0 Å². The van der Waals surface area contributed by atoms with Gasteiger partial charge in [0.1, 0.15) is 7.11 Å². The molecule has 0 saturated carbocycles. The standard InChI is InChI=1S/C10H13ClN2O4/c1-16-13-9(14)6(5-11)8(12-10(13)15)7-3-2-4-17-7/h7H,2-5H2,1H3,(H,12,15). The summed E-state index contributed by atoms with van der Waals surface area (Å²) < 4.78 is 6.10. The first-order valence-electron chi connectivity index (χ1n) is 5.29. The molecule has 0 bridgehead atoms. The molecule has 1 saturated heterocycles. The van der Waals surface area contributed by atoms with Crippen LogP contribution in [0.3, 0.4) is 0 Å². The molecule has 0 aliphatic carbocycles. The number of nitrogens with zero attached hydrogens (tertiary/aromatic N) is 1. The second-order valence-corrected chi connectivity index (χ2v) is 4.01. The van der Waals surface area contributed by atoms with Gasteiger partial charge in [-0.1, -0.05) is 4.73 Å². The lowest BCUT2D eigenvalue weighted by Gasteiger charge is -2.14. The van der Waals surface area contributed by atoms with Gasteiger partial charge in [0.05, 0.1) is 23.2 Å². The molecule has 0 aromatic carbocycles. The van der Waals surface area contributed by atoms with Crippen LogP contribution in [0.4, 0.5) is 0 Å². The fraction of sp³-hybridized carbons (Fsp3) is 0.600. The number of hydrogen-bond acceptors (Lipinski definition) is 4. The Morgan fingerprint density at radius 1 is 1.59 bits per heavy atom. The Balaban J connectivity index is 2.59. The van der Waals surface area contributed by atoms with Gasteiger partial charge in [0.2, 0.25) is 0 Å². The van der Waals surface area contributed by atoms with Gasteiger partial charge in [0.25, 0.3) is 5.56 Å². The lowest BCUT2D eigenvalue weighted by atomic mass is 10.1. The number of halogens is 1. The summed E-state index contributed by atoms with van der Waals surface area (Å²) in [5.41, 5.74) is -0.352. The third kappa shape index (κ3) is 2.10. The summed E-state index contributed by atoms with van der Waals surface area (Å²) in [4.78, 5) is 30.8. The third-order valence-electron chi connectivity index (χ3n) is 2.76. The summed E-state index contributed by atoms with van der Waals surface area (Å²) in [6, 6.07) is 0. The maximum Gasteiger partial charge on any atom is 0.362 e. The van der Waals surface area contributed by atoms with Crippen LogP contribution >= 0.6 is 11.6 Å². The molecule has 1 aromatic rings. The van der Waals surface area contributed by atoms with Gasteiger partial charge in [-0.3, -0.25) is 4.79 Å². The highest BCUT2D eigenvalue weighted by atomic mass is 35.5. The summed E-state index contributed by atoms with van der Waals surface area (Å²) in [6.45, 7) is 0.627. The third-order valence-corrected chi connectivity index (χ3v) is 3.03. The number of rotatable bonds is 3. The highest BCUT2D eigenvalue weighted by Crippen LogP contribution is 2.28. The number of ether oxygens (including phenoxy) is 1. The largest absolute Gasteiger partial charge is 0.409 e.